The number of morpholine rings is 1. The quantitative estimate of drug-likeness (QED) is 0.916. The lowest BCUT2D eigenvalue weighted by Gasteiger charge is -2.32. The maximum Gasteiger partial charge on any atom is 0.104 e. The van der Waals surface area contributed by atoms with E-state index in [4.69, 9.17) is 9.84 Å². The zero-order valence-corrected chi connectivity index (χ0v) is 14.0. The van der Waals surface area contributed by atoms with Gasteiger partial charge in [0.25, 0.3) is 0 Å². The Kier molecular flexibility index (Phi) is 4.93. The van der Waals surface area contributed by atoms with Crippen molar-refractivity contribution in [3.05, 3.63) is 39.3 Å². The summed E-state index contributed by atoms with van der Waals surface area (Å²) in [6.45, 7) is 8.36. The lowest BCUT2D eigenvalue weighted by Crippen LogP contribution is -2.37. The van der Waals surface area contributed by atoms with Gasteiger partial charge in [-0.2, -0.15) is 5.10 Å². The molecule has 6 heteroatoms. The van der Waals surface area contributed by atoms with Crippen LogP contribution in [0.1, 0.15) is 27.9 Å². The fourth-order valence-corrected chi connectivity index (χ4v) is 3.76. The van der Waals surface area contributed by atoms with Crippen LogP contribution < -0.4 is 0 Å². The fourth-order valence-electron chi connectivity index (χ4n) is 2.99. The predicted molar refractivity (Wildman–Crippen MR) is 87.1 cm³/mol. The van der Waals surface area contributed by atoms with Gasteiger partial charge in [0.1, 0.15) is 6.10 Å². The summed E-state index contributed by atoms with van der Waals surface area (Å²) in [6, 6.07) is 4.23. The highest BCUT2D eigenvalue weighted by molar-refractivity contribution is 7.10. The van der Waals surface area contributed by atoms with Crippen LogP contribution in [0.15, 0.2) is 17.5 Å². The van der Waals surface area contributed by atoms with Crippen LogP contribution >= 0.6 is 11.3 Å². The normalized spacial score (nSPS) is 19.7. The number of aryl methyl sites for hydroxylation is 1. The van der Waals surface area contributed by atoms with Crippen molar-refractivity contribution in [3.8, 4) is 0 Å². The molecule has 0 bridgehead atoms. The fraction of sp³-hybridized carbons (Fsp3) is 0.562. The number of ether oxygens (including phenoxy) is 1. The highest BCUT2D eigenvalue weighted by Crippen LogP contribution is 2.27. The van der Waals surface area contributed by atoms with E-state index in [-0.39, 0.29) is 12.7 Å². The largest absolute Gasteiger partial charge is 0.394 e. The van der Waals surface area contributed by atoms with Gasteiger partial charge >= 0.3 is 0 Å². The lowest BCUT2D eigenvalue weighted by molar-refractivity contribution is -0.0312. The van der Waals surface area contributed by atoms with Crippen LogP contribution in [0.3, 0.4) is 0 Å². The minimum atomic E-state index is 0.124. The average Bonchev–Trinajstić information content (AvgIpc) is 3.13. The Morgan fingerprint density at radius 2 is 2.32 bits per heavy atom. The summed E-state index contributed by atoms with van der Waals surface area (Å²) in [7, 11) is 0. The summed E-state index contributed by atoms with van der Waals surface area (Å²) in [4.78, 5) is 3.74. The molecule has 1 aliphatic rings. The zero-order valence-electron chi connectivity index (χ0n) is 13.2. The lowest BCUT2D eigenvalue weighted by atomic mass is 10.1. The first kappa shape index (κ1) is 15.7. The SMILES string of the molecule is Cc1nn(CCO)c(C)c1CN1CCOC(c2cccs2)C1. The second-order valence-electron chi connectivity index (χ2n) is 5.71. The molecule has 0 saturated carbocycles. The van der Waals surface area contributed by atoms with E-state index in [1.54, 1.807) is 11.3 Å². The third-order valence-corrected chi connectivity index (χ3v) is 5.20. The van der Waals surface area contributed by atoms with Gasteiger partial charge in [0, 0.05) is 35.8 Å². The number of nitrogens with zero attached hydrogens (tertiary/aromatic N) is 3. The Bertz CT molecular complexity index is 609. The van der Waals surface area contributed by atoms with Crippen LogP contribution in [0.2, 0.25) is 0 Å². The third-order valence-electron chi connectivity index (χ3n) is 4.24. The van der Waals surface area contributed by atoms with Gasteiger partial charge in [0.05, 0.1) is 25.5 Å². The first-order chi connectivity index (χ1) is 10.7. The van der Waals surface area contributed by atoms with Gasteiger partial charge in [0.15, 0.2) is 0 Å². The van der Waals surface area contributed by atoms with Gasteiger partial charge in [-0.05, 0) is 25.3 Å². The number of aliphatic hydroxyl groups excluding tert-OH is 1. The molecule has 0 amide bonds. The van der Waals surface area contributed by atoms with E-state index < -0.39 is 0 Å². The molecule has 0 radical (unpaired) electrons. The Hall–Kier alpha value is -1.21. The van der Waals surface area contributed by atoms with E-state index in [1.165, 1.54) is 10.4 Å². The van der Waals surface area contributed by atoms with Gasteiger partial charge in [-0.3, -0.25) is 9.58 Å². The van der Waals surface area contributed by atoms with Crippen LogP contribution in [0.4, 0.5) is 0 Å². The van der Waals surface area contributed by atoms with E-state index in [2.05, 4.69) is 34.4 Å². The minimum absolute atomic E-state index is 0.124. The number of rotatable bonds is 5. The van der Waals surface area contributed by atoms with E-state index >= 15 is 0 Å². The maximum absolute atomic E-state index is 9.12. The molecule has 0 aromatic carbocycles. The zero-order chi connectivity index (χ0) is 15.5. The molecular formula is C16H23N3O2S. The number of aliphatic hydroxyl groups is 1. The third kappa shape index (κ3) is 3.25. The van der Waals surface area contributed by atoms with Gasteiger partial charge in [0.2, 0.25) is 0 Å². The van der Waals surface area contributed by atoms with Crippen LogP contribution in [0.25, 0.3) is 0 Å². The molecular weight excluding hydrogens is 298 g/mol. The molecule has 2 aromatic heterocycles. The van der Waals surface area contributed by atoms with Crippen molar-refractivity contribution in [2.24, 2.45) is 0 Å². The number of hydrogen-bond acceptors (Lipinski definition) is 5. The molecule has 1 atom stereocenters. The van der Waals surface area contributed by atoms with E-state index in [9.17, 15) is 0 Å². The monoisotopic (exact) mass is 321 g/mol. The Labute approximate surface area is 135 Å². The molecule has 0 aliphatic carbocycles. The Balaban J connectivity index is 1.70. The van der Waals surface area contributed by atoms with Gasteiger partial charge in [-0.25, -0.2) is 0 Å². The molecule has 1 N–H and O–H groups in total. The maximum atomic E-state index is 9.12. The second-order valence-corrected chi connectivity index (χ2v) is 6.69. The predicted octanol–water partition coefficient (Wildman–Crippen LogP) is 2.13. The van der Waals surface area contributed by atoms with Crippen LogP contribution in [0, 0.1) is 13.8 Å². The first-order valence-electron chi connectivity index (χ1n) is 7.70. The molecule has 22 heavy (non-hydrogen) atoms. The second kappa shape index (κ2) is 6.91. The van der Waals surface area contributed by atoms with Crippen LogP contribution in [-0.2, 0) is 17.8 Å². The van der Waals surface area contributed by atoms with Gasteiger partial charge in [-0.15, -0.1) is 11.3 Å². The molecule has 1 fully saturated rings. The number of aromatic nitrogens is 2. The standard InChI is InChI=1S/C16H23N3O2S/c1-12-14(13(2)19(17-12)5-7-20)10-18-6-8-21-15(11-18)16-4-3-9-22-16/h3-4,9,15,20H,5-8,10-11H2,1-2H3. The molecule has 120 valence electrons. The van der Waals surface area contributed by atoms with Crippen molar-refractivity contribution in [1.82, 2.24) is 14.7 Å². The smallest absolute Gasteiger partial charge is 0.104 e. The molecule has 1 saturated heterocycles. The topological polar surface area (TPSA) is 50.5 Å². The highest BCUT2D eigenvalue weighted by atomic mass is 32.1. The molecule has 0 spiro atoms. The van der Waals surface area contributed by atoms with E-state index in [0.29, 0.717) is 6.54 Å². The van der Waals surface area contributed by atoms with Crippen molar-refractivity contribution in [3.63, 3.8) is 0 Å². The molecule has 1 aliphatic heterocycles. The van der Waals surface area contributed by atoms with Crippen molar-refractivity contribution in [2.45, 2.75) is 33.0 Å². The summed E-state index contributed by atoms with van der Waals surface area (Å²) in [5, 5.41) is 15.8. The van der Waals surface area contributed by atoms with Gasteiger partial charge in [-0.1, -0.05) is 6.07 Å². The van der Waals surface area contributed by atoms with Crippen LogP contribution in [0.5, 0.6) is 0 Å². The van der Waals surface area contributed by atoms with Crippen molar-refractivity contribution < 1.29 is 9.84 Å². The van der Waals surface area contributed by atoms with Crippen molar-refractivity contribution in [1.29, 1.82) is 0 Å². The van der Waals surface area contributed by atoms with E-state index in [0.717, 1.165) is 37.6 Å². The summed E-state index contributed by atoms with van der Waals surface area (Å²) in [6.07, 6.45) is 0.182. The molecule has 3 rings (SSSR count). The number of hydrogen-bond donors (Lipinski definition) is 1. The molecule has 3 heterocycles. The minimum Gasteiger partial charge on any atom is -0.394 e. The Morgan fingerprint density at radius 3 is 3.05 bits per heavy atom. The van der Waals surface area contributed by atoms with E-state index in [1.807, 2.05) is 11.6 Å². The number of thiophene rings is 1. The molecule has 1 unspecified atom stereocenters. The van der Waals surface area contributed by atoms with Gasteiger partial charge < -0.3 is 9.84 Å². The molecule has 2 aromatic rings. The summed E-state index contributed by atoms with van der Waals surface area (Å²) < 4.78 is 7.81. The molecule has 5 nitrogen and oxygen atoms in total. The summed E-state index contributed by atoms with van der Waals surface area (Å²) in [5.41, 5.74) is 3.50. The highest BCUT2D eigenvalue weighted by Gasteiger charge is 2.24. The Morgan fingerprint density at radius 1 is 1.45 bits per heavy atom. The summed E-state index contributed by atoms with van der Waals surface area (Å²) >= 11 is 1.76. The first-order valence-corrected chi connectivity index (χ1v) is 8.58. The van der Waals surface area contributed by atoms with Crippen LogP contribution in [-0.4, -0.2) is 46.1 Å². The van der Waals surface area contributed by atoms with Crippen molar-refractivity contribution in [2.75, 3.05) is 26.3 Å². The summed E-state index contributed by atoms with van der Waals surface area (Å²) in [5.74, 6) is 0. The average molecular weight is 321 g/mol. The van der Waals surface area contributed by atoms with Crippen molar-refractivity contribution >= 4 is 11.3 Å².